The van der Waals surface area contributed by atoms with Crippen molar-refractivity contribution in [1.29, 1.82) is 0 Å². The van der Waals surface area contributed by atoms with Crippen LogP contribution < -0.4 is 14.5 Å². The Kier molecular flexibility index (Phi) is 5.39. The number of thiazole rings is 1. The molecule has 1 fully saturated rings. The topological polar surface area (TPSA) is 92.9 Å². The smallest absolute Gasteiger partial charge is 0.260 e. The van der Waals surface area contributed by atoms with Crippen LogP contribution in [0.5, 0.6) is 5.75 Å². The molecule has 1 aliphatic heterocycles. The van der Waals surface area contributed by atoms with Crippen LogP contribution in [0.2, 0.25) is 0 Å². The Hall–Kier alpha value is -3.98. The van der Waals surface area contributed by atoms with Gasteiger partial charge in [0.1, 0.15) is 11.5 Å². The molecule has 0 saturated carbocycles. The lowest BCUT2D eigenvalue weighted by atomic mass is 10.1. The number of carbonyl (C=O) groups is 3. The number of benzene rings is 2. The third-order valence-corrected chi connectivity index (χ3v) is 6.42. The number of rotatable bonds is 6. The number of hydrogen-bond donors (Lipinski definition) is 0. The number of furan rings is 1. The molecule has 0 N–H and O–H groups in total. The van der Waals surface area contributed by atoms with Crippen LogP contribution in [-0.4, -0.2) is 29.8 Å². The number of anilines is 2. The van der Waals surface area contributed by atoms with Gasteiger partial charge in [0, 0.05) is 18.4 Å². The lowest BCUT2D eigenvalue weighted by Crippen LogP contribution is -2.31. The van der Waals surface area contributed by atoms with E-state index in [1.165, 1.54) is 11.3 Å². The van der Waals surface area contributed by atoms with Crippen LogP contribution in [0.15, 0.2) is 65.3 Å². The van der Waals surface area contributed by atoms with Crippen molar-refractivity contribution in [1.82, 2.24) is 4.98 Å². The van der Waals surface area contributed by atoms with Crippen molar-refractivity contribution in [3.05, 3.63) is 72.2 Å². The second-order valence-electron chi connectivity index (χ2n) is 7.47. The van der Waals surface area contributed by atoms with Crippen LogP contribution in [0.3, 0.4) is 0 Å². The quantitative estimate of drug-likeness (QED) is 0.395. The minimum atomic E-state index is -0.275. The summed E-state index contributed by atoms with van der Waals surface area (Å²) in [6.07, 6.45) is 1.97. The molecular formula is C24H19N3O5S. The van der Waals surface area contributed by atoms with Crippen molar-refractivity contribution in [3.8, 4) is 5.75 Å². The highest BCUT2D eigenvalue weighted by Gasteiger charge is 2.30. The molecule has 0 unspecified atom stereocenters. The van der Waals surface area contributed by atoms with Crippen LogP contribution in [0, 0.1) is 0 Å². The third-order valence-electron chi connectivity index (χ3n) is 5.38. The number of imide groups is 1. The predicted octanol–water partition coefficient (Wildman–Crippen LogP) is 4.40. The van der Waals surface area contributed by atoms with Gasteiger partial charge in [0.15, 0.2) is 5.13 Å². The minimum Gasteiger partial charge on any atom is -0.497 e. The normalized spacial score (nSPS) is 13.7. The molecule has 2 aromatic heterocycles. The van der Waals surface area contributed by atoms with Gasteiger partial charge in [0.05, 0.1) is 35.8 Å². The van der Waals surface area contributed by atoms with Crippen molar-refractivity contribution in [2.75, 3.05) is 16.9 Å². The first-order valence-corrected chi connectivity index (χ1v) is 11.1. The first-order chi connectivity index (χ1) is 16.0. The molecule has 0 aliphatic carbocycles. The molecular weight excluding hydrogens is 442 g/mol. The summed E-state index contributed by atoms with van der Waals surface area (Å²) in [6.45, 7) is 0.202. The van der Waals surface area contributed by atoms with Gasteiger partial charge in [0.2, 0.25) is 11.8 Å². The van der Waals surface area contributed by atoms with Crippen LogP contribution in [-0.2, 0) is 16.1 Å². The van der Waals surface area contributed by atoms with Crippen molar-refractivity contribution in [2.24, 2.45) is 0 Å². The van der Waals surface area contributed by atoms with Crippen molar-refractivity contribution >= 4 is 50.1 Å². The number of aromatic nitrogens is 1. The van der Waals surface area contributed by atoms with E-state index in [9.17, 15) is 14.4 Å². The lowest BCUT2D eigenvalue weighted by molar-refractivity contribution is -0.121. The van der Waals surface area contributed by atoms with E-state index < -0.39 is 0 Å². The number of hydrogen-bond acceptors (Lipinski definition) is 7. The summed E-state index contributed by atoms with van der Waals surface area (Å²) in [5.74, 6) is 0.586. The van der Waals surface area contributed by atoms with Crippen molar-refractivity contribution < 1.29 is 23.5 Å². The molecule has 5 rings (SSSR count). The van der Waals surface area contributed by atoms with Gasteiger partial charge in [-0.25, -0.2) is 4.98 Å². The highest BCUT2D eigenvalue weighted by atomic mass is 32.1. The van der Waals surface area contributed by atoms with E-state index in [4.69, 9.17) is 9.15 Å². The van der Waals surface area contributed by atoms with E-state index >= 15 is 0 Å². The average Bonchev–Trinajstić information content (AvgIpc) is 3.57. The fraction of sp³-hybridized carbons (Fsp3) is 0.167. The maximum absolute atomic E-state index is 13.5. The molecule has 0 atom stereocenters. The number of fused-ring (bicyclic) bond motifs is 1. The monoisotopic (exact) mass is 461 g/mol. The molecule has 0 radical (unpaired) electrons. The molecule has 1 saturated heterocycles. The Morgan fingerprint density at radius 2 is 1.88 bits per heavy atom. The Balaban J connectivity index is 1.48. The van der Waals surface area contributed by atoms with Gasteiger partial charge in [-0.05, 0) is 54.6 Å². The van der Waals surface area contributed by atoms with Crippen LogP contribution in [0.1, 0.15) is 29.0 Å². The molecule has 8 nitrogen and oxygen atoms in total. The van der Waals surface area contributed by atoms with Crippen LogP contribution in [0.25, 0.3) is 10.2 Å². The van der Waals surface area contributed by atoms with Crippen LogP contribution in [0.4, 0.5) is 10.8 Å². The maximum atomic E-state index is 13.5. The molecule has 3 amide bonds. The van der Waals surface area contributed by atoms with Gasteiger partial charge in [-0.3, -0.25) is 24.2 Å². The number of nitrogens with zero attached hydrogens (tertiary/aromatic N) is 3. The molecule has 0 spiro atoms. The Morgan fingerprint density at radius 1 is 1.12 bits per heavy atom. The average molecular weight is 461 g/mol. The van der Waals surface area contributed by atoms with Crippen molar-refractivity contribution in [2.45, 2.75) is 19.4 Å². The lowest BCUT2D eigenvalue weighted by Gasteiger charge is -2.19. The van der Waals surface area contributed by atoms with Gasteiger partial charge >= 0.3 is 0 Å². The molecule has 3 heterocycles. The minimum absolute atomic E-state index is 0.202. The highest BCUT2D eigenvalue weighted by molar-refractivity contribution is 7.22. The Morgan fingerprint density at radius 3 is 2.55 bits per heavy atom. The zero-order chi connectivity index (χ0) is 22.9. The van der Waals surface area contributed by atoms with E-state index in [1.807, 2.05) is 18.2 Å². The molecule has 4 aromatic rings. The van der Waals surface area contributed by atoms with E-state index in [2.05, 4.69) is 4.98 Å². The fourth-order valence-corrected chi connectivity index (χ4v) is 4.69. The summed E-state index contributed by atoms with van der Waals surface area (Å²) in [7, 11) is 1.60. The van der Waals surface area contributed by atoms with E-state index in [0.29, 0.717) is 27.9 Å². The van der Waals surface area contributed by atoms with E-state index in [-0.39, 0.29) is 37.1 Å². The maximum Gasteiger partial charge on any atom is 0.260 e. The van der Waals surface area contributed by atoms with Gasteiger partial charge in [0.25, 0.3) is 5.91 Å². The third kappa shape index (κ3) is 3.98. The first-order valence-electron chi connectivity index (χ1n) is 10.3. The number of methoxy groups -OCH3 is 1. The zero-order valence-corrected chi connectivity index (χ0v) is 18.5. The highest BCUT2D eigenvalue weighted by Crippen LogP contribution is 2.33. The molecule has 0 bridgehead atoms. The van der Waals surface area contributed by atoms with Gasteiger partial charge in [-0.2, -0.15) is 0 Å². The molecule has 166 valence electrons. The Labute approximate surface area is 193 Å². The predicted molar refractivity (Wildman–Crippen MR) is 124 cm³/mol. The SMILES string of the molecule is COc1ccc2nc(N(Cc3ccco3)C(=O)c3ccc(N4C(=O)CCC4=O)cc3)sc2c1. The van der Waals surface area contributed by atoms with E-state index in [0.717, 1.165) is 15.1 Å². The fourth-order valence-electron chi connectivity index (χ4n) is 3.69. The summed E-state index contributed by atoms with van der Waals surface area (Å²) < 4.78 is 11.7. The molecule has 33 heavy (non-hydrogen) atoms. The zero-order valence-electron chi connectivity index (χ0n) is 17.7. The molecule has 1 aliphatic rings. The number of carbonyl (C=O) groups excluding carboxylic acids is 3. The van der Waals surface area contributed by atoms with Gasteiger partial charge in [-0.15, -0.1) is 0 Å². The summed E-state index contributed by atoms with van der Waals surface area (Å²) >= 11 is 1.38. The second kappa shape index (κ2) is 8.51. The molecule has 9 heteroatoms. The van der Waals surface area contributed by atoms with Gasteiger partial charge < -0.3 is 9.15 Å². The van der Waals surface area contributed by atoms with Crippen LogP contribution >= 0.6 is 11.3 Å². The summed E-state index contributed by atoms with van der Waals surface area (Å²) in [6, 6.07) is 15.6. The summed E-state index contributed by atoms with van der Waals surface area (Å²) in [4.78, 5) is 44.9. The first kappa shape index (κ1) is 20.9. The Bertz CT molecular complexity index is 1330. The summed E-state index contributed by atoms with van der Waals surface area (Å²) in [5, 5.41) is 0.522. The number of amides is 3. The van der Waals surface area contributed by atoms with Gasteiger partial charge in [-0.1, -0.05) is 11.3 Å². The summed E-state index contributed by atoms with van der Waals surface area (Å²) in [5.41, 5.74) is 1.62. The van der Waals surface area contributed by atoms with Crippen molar-refractivity contribution in [3.63, 3.8) is 0 Å². The second-order valence-corrected chi connectivity index (χ2v) is 8.48. The molecule has 2 aromatic carbocycles. The largest absolute Gasteiger partial charge is 0.497 e. The number of ether oxygens (including phenoxy) is 1. The standard InChI is InChI=1S/C24H19N3O5S/c1-31-17-8-9-19-20(13-17)33-24(25-19)26(14-18-3-2-12-32-18)23(30)15-4-6-16(7-5-15)27-21(28)10-11-22(27)29/h2-9,12-13H,10-11,14H2,1H3. The van der Waals surface area contributed by atoms with E-state index in [1.54, 1.807) is 54.7 Å².